The number of benzene rings is 1. The fourth-order valence-corrected chi connectivity index (χ4v) is 4.70. The van der Waals surface area contributed by atoms with Crippen LogP contribution in [0.25, 0.3) is 0 Å². The highest BCUT2D eigenvalue weighted by atomic mass is 32.2. The molecule has 112 valence electrons. The molecule has 1 fully saturated rings. The van der Waals surface area contributed by atoms with Crippen molar-refractivity contribution < 1.29 is 8.42 Å². The van der Waals surface area contributed by atoms with E-state index in [-0.39, 0.29) is 6.04 Å². The first-order valence-electron chi connectivity index (χ1n) is 7.41. The molecule has 0 bridgehead atoms. The maximum absolute atomic E-state index is 12.6. The van der Waals surface area contributed by atoms with Crippen LogP contribution in [0.2, 0.25) is 0 Å². The summed E-state index contributed by atoms with van der Waals surface area (Å²) >= 11 is 0. The van der Waals surface area contributed by atoms with Crippen LogP contribution in [0, 0.1) is 25.7 Å². The molecule has 1 aromatic rings. The molecule has 20 heavy (non-hydrogen) atoms. The van der Waals surface area contributed by atoms with Crippen LogP contribution in [0.5, 0.6) is 0 Å². The molecule has 3 atom stereocenters. The molecule has 0 saturated heterocycles. The summed E-state index contributed by atoms with van der Waals surface area (Å²) in [4.78, 5) is 0.419. The van der Waals surface area contributed by atoms with Gasteiger partial charge in [-0.3, -0.25) is 0 Å². The fourth-order valence-electron chi connectivity index (χ4n) is 3.01. The number of hydrogen-bond acceptors (Lipinski definition) is 2. The van der Waals surface area contributed by atoms with Gasteiger partial charge < -0.3 is 0 Å². The normalized spacial score (nSPS) is 27.5. The minimum Gasteiger partial charge on any atom is -0.208 e. The van der Waals surface area contributed by atoms with Gasteiger partial charge in [0.1, 0.15) is 0 Å². The minimum atomic E-state index is -3.42. The first kappa shape index (κ1) is 15.5. The van der Waals surface area contributed by atoms with Crippen molar-refractivity contribution in [1.29, 1.82) is 0 Å². The van der Waals surface area contributed by atoms with Gasteiger partial charge in [0.15, 0.2) is 0 Å². The molecule has 1 aromatic carbocycles. The Hall–Kier alpha value is -0.870. The van der Waals surface area contributed by atoms with Crippen molar-refractivity contribution >= 4 is 10.0 Å². The van der Waals surface area contributed by atoms with Crippen molar-refractivity contribution in [2.24, 2.45) is 11.8 Å². The minimum absolute atomic E-state index is 0.0589. The zero-order valence-electron chi connectivity index (χ0n) is 12.8. The highest BCUT2D eigenvalue weighted by Crippen LogP contribution is 2.30. The maximum atomic E-state index is 12.6. The summed E-state index contributed by atoms with van der Waals surface area (Å²) in [6.07, 6.45) is 3.24. The van der Waals surface area contributed by atoms with E-state index in [2.05, 4.69) is 18.6 Å². The van der Waals surface area contributed by atoms with Crippen molar-refractivity contribution in [3.05, 3.63) is 29.3 Å². The molecule has 0 aliphatic heterocycles. The molecule has 0 spiro atoms. The monoisotopic (exact) mass is 295 g/mol. The van der Waals surface area contributed by atoms with Gasteiger partial charge in [-0.25, -0.2) is 13.1 Å². The van der Waals surface area contributed by atoms with E-state index in [0.29, 0.717) is 16.7 Å². The molecule has 0 amide bonds. The predicted octanol–water partition coefficient (Wildman–Crippen LogP) is 3.41. The zero-order valence-corrected chi connectivity index (χ0v) is 13.6. The summed E-state index contributed by atoms with van der Waals surface area (Å²) < 4.78 is 28.2. The highest BCUT2D eigenvalue weighted by molar-refractivity contribution is 7.89. The van der Waals surface area contributed by atoms with Crippen LogP contribution in [0.1, 0.15) is 44.2 Å². The highest BCUT2D eigenvalue weighted by Gasteiger charge is 2.31. The van der Waals surface area contributed by atoms with E-state index in [0.717, 1.165) is 24.0 Å². The predicted molar refractivity (Wildman–Crippen MR) is 82.2 cm³/mol. The smallest absolute Gasteiger partial charge is 0.208 e. The summed E-state index contributed by atoms with van der Waals surface area (Å²) in [6.45, 7) is 8.13. The Bertz CT molecular complexity index is 580. The summed E-state index contributed by atoms with van der Waals surface area (Å²) in [7, 11) is -3.42. The van der Waals surface area contributed by atoms with E-state index in [1.54, 1.807) is 6.07 Å². The number of sulfonamides is 1. The molecule has 0 aromatic heterocycles. The Balaban J connectivity index is 2.25. The Morgan fingerprint density at radius 1 is 1.15 bits per heavy atom. The van der Waals surface area contributed by atoms with E-state index in [4.69, 9.17) is 0 Å². The molecule has 1 aliphatic carbocycles. The number of rotatable bonds is 3. The van der Waals surface area contributed by atoms with Gasteiger partial charge in [0.25, 0.3) is 0 Å². The van der Waals surface area contributed by atoms with Crippen LogP contribution < -0.4 is 4.72 Å². The lowest BCUT2D eigenvalue weighted by molar-refractivity contribution is 0.227. The Kier molecular flexibility index (Phi) is 4.55. The van der Waals surface area contributed by atoms with Crippen molar-refractivity contribution in [1.82, 2.24) is 4.72 Å². The van der Waals surface area contributed by atoms with Crippen LogP contribution in [0.3, 0.4) is 0 Å². The molecule has 0 unspecified atom stereocenters. The number of hydrogen-bond donors (Lipinski definition) is 1. The summed E-state index contributed by atoms with van der Waals surface area (Å²) in [5.41, 5.74) is 1.78. The summed E-state index contributed by atoms with van der Waals surface area (Å²) in [6, 6.07) is 5.63. The Morgan fingerprint density at radius 3 is 2.55 bits per heavy atom. The number of nitrogens with one attached hydrogen (secondary N) is 1. The molecule has 0 heterocycles. The van der Waals surface area contributed by atoms with Crippen LogP contribution in [0.15, 0.2) is 23.1 Å². The van der Waals surface area contributed by atoms with Gasteiger partial charge in [0, 0.05) is 6.04 Å². The average Bonchev–Trinajstić information content (AvgIpc) is 2.37. The lowest BCUT2D eigenvalue weighted by Crippen LogP contribution is -2.43. The topological polar surface area (TPSA) is 46.2 Å². The molecule has 2 rings (SSSR count). The number of aryl methyl sites for hydroxylation is 2. The first-order valence-corrected chi connectivity index (χ1v) is 8.89. The fraction of sp³-hybridized carbons (Fsp3) is 0.625. The third-order valence-corrected chi connectivity index (χ3v) is 6.28. The van der Waals surface area contributed by atoms with Gasteiger partial charge >= 0.3 is 0 Å². The molecular weight excluding hydrogens is 270 g/mol. The second-order valence-electron chi connectivity index (χ2n) is 6.26. The molecule has 1 N–H and O–H groups in total. The van der Waals surface area contributed by atoms with Gasteiger partial charge in [0.2, 0.25) is 10.0 Å². The van der Waals surface area contributed by atoms with Crippen LogP contribution >= 0.6 is 0 Å². The largest absolute Gasteiger partial charge is 0.241 e. The molecule has 4 heteroatoms. The zero-order chi connectivity index (χ0) is 14.9. The lowest BCUT2D eigenvalue weighted by Gasteiger charge is -2.34. The third kappa shape index (κ3) is 3.23. The van der Waals surface area contributed by atoms with E-state index < -0.39 is 10.0 Å². The first-order chi connectivity index (χ1) is 9.31. The summed E-state index contributed by atoms with van der Waals surface area (Å²) in [5.74, 6) is 0.971. The standard InChI is InChI=1S/C16H25NO2S/c1-11-8-9-13(3)16(10-11)20(18,19)17-15-7-5-6-12(2)14(15)4/h8-10,12,14-15,17H,5-7H2,1-4H3/t12-,14-,15+/m0/s1. The van der Waals surface area contributed by atoms with Gasteiger partial charge in [0.05, 0.1) is 4.90 Å². The van der Waals surface area contributed by atoms with E-state index in [9.17, 15) is 8.42 Å². The Labute approximate surface area is 122 Å². The van der Waals surface area contributed by atoms with Gasteiger partial charge in [-0.2, -0.15) is 0 Å². The van der Waals surface area contributed by atoms with Crippen LogP contribution in [0.4, 0.5) is 0 Å². The second-order valence-corrected chi connectivity index (χ2v) is 7.95. The van der Waals surface area contributed by atoms with Crippen LogP contribution in [-0.2, 0) is 10.0 Å². The molecule has 1 saturated carbocycles. The molecular formula is C16H25NO2S. The average molecular weight is 295 g/mol. The van der Waals surface area contributed by atoms with Gasteiger partial charge in [-0.05, 0) is 49.3 Å². The van der Waals surface area contributed by atoms with E-state index in [1.807, 2.05) is 26.0 Å². The SMILES string of the molecule is Cc1ccc(C)c(S(=O)(=O)N[C@@H]2CCC[C@H](C)[C@@H]2C)c1. The molecule has 3 nitrogen and oxygen atoms in total. The van der Waals surface area contributed by atoms with Crippen molar-refractivity contribution in [3.63, 3.8) is 0 Å². The quantitative estimate of drug-likeness (QED) is 0.929. The molecule has 1 aliphatic rings. The van der Waals surface area contributed by atoms with E-state index in [1.165, 1.54) is 6.42 Å². The third-order valence-electron chi connectivity index (χ3n) is 4.65. The van der Waals surface area contributed by atoms with Crippen LogP contribution in [-0.4, -0.2) is 14.5 Å². The second kappa shape index (κ2) is 5.86. The summed E-state index contributed by atoms with van der Waals surface area (Å²) in [5, 5.41) is 0. The Morgan fingerprint density at radius 2 is 1.85 bits per heavy atom. The van der Waals surface area contributed by atoms with Gasteiger partial charge in [-0.15, -0.1) is 0 Å². The lowest BCUT2D eigenvalue weighted by atomic mass is 9.78. The molecule has 0 radical (unpaired) electrons. The van der Waals surface area contributed by atoms with Gasteiger partial charge in [-0.1, -0.05) is 38.8 Å². The van der Waals surface area contributed by atoms with E-state index >= 15 is 0 Å². The van der Waals surface area contributed by atoms with Crippen molar-refractivity contribution in [3.8, 4) is 0 Å². The maximum Gasteiger partial charge on any atom is 0.241 e. The van der Waals surface area contributed by atoms with Crippen molar-refractivity contribution in [2.45, 2.75) is 57.9 Å². The van der Waals surface area contributed by atoms with Crippen molar-refractivity contribution in [2.75, 3.05) is 0 Å².